The van der Waals surface area contributed by atoms with Crippen molar-refractivity contribution >= 4 is 5.91 Å². The number of piperidine rings is 1. The summed E-state index contributed by atoms with van der Waals surface area (Å²) in [5.74, 6) is 0.446. The number of halogens is 1. The van der Waals surface area contributed by atoms with Crippen LogP contribution in [0.1, 0.15) is 31.4 Å². The smallest absolute Gasteiger partial charge is 0.246 e. The Morgan fingerprint density at radius 1 is 1.52 bits per heavy atom. The van der Waals surface area contributed by atoms with E-state index in [2.05, 4.69) is 10.6 Å². The number of amides is 1. The van der Waals surface area contributed by atoms with E-state index in [1.807, 2.05) is 0 Å². The Morgan fingerprint density at radius 3 is 3.04 bits per heavy atom. The summed E-state index contributed by atoms with van der Waals surface area (Å²) in [7, 11) is 1.52. The summed E-state index contributed by atoms with van der Waals surface area (Å²) in [6, 6.07) is 3.91. The predicted molar refractivity (Wildman–Crippen MR) is 85.9 cm³/mol. The molecule has 1 aliphatic heterocycles. The molecule has 23 heavy (non-hydrogen) atoms. The number of hydrogen-bond acceptors (Lipinski definition) is 4. The van der Waals surface area contributed by atoms with E-state index in [0.717, 1.165) is 25.9 Å². The van der Waals surface area contributed by atoms with Gasteiger partial charge in [0.15, 0.2) is 0 Å². The Bertz CT molecular complexity index is 519. The Labute approximate surface area is 136 Å². The molecular formula is C17H25FN2O3. The molecule has 1 aliphatic rings. The Balaban J connectivity index is 1.79. The van der Waals surface area contributed by atoms with Gasteiger partial charge < -0.3 is 20.1 Å². The van der Waals surface area contributed by atoms with Gasteiger partial charge in [-0.1, -0.05) is 0 Å². The predicted octanol–water partition coefficient (Wildman–Crippen LogP) is 2.03. The van der Waals surface area contributed by atoms with Crippen molar-refractivity contribution in [1.82, 2.24) is 10.6 Å². The third-order valence-electron chi connectivity index (χ3n) is 4.02. The number of ether oxygens (including phenoxy) is 2. The molecule has 0 aromatic heterocycles. The highest BCUT2D eigenvalue weighted by Gasteiger charge is 2.17. The van der Waals surface area contributed by atoms with E-state index in [4.69, 9.17) is 9.47 Å². The zero-order valence-corrected chi connectivity index (χ0v) is 13.7. The van der Waals surface area contributed by atoms with E-state index in [1.54, 1.807) is 13.0 Å². The molecule has 1 saturated heterocycles. The normalized spacial score (nSPS) is 19.2. The van der Waals surface area contributed by atoms with Crippen LogP contribution in [-0.4, -0.2) is 39.3 Å². The van der Waals surface area contributed by atoms with Gasteiger partial charge in [-0.2, -0.15) is 0 Å². The molecule has 1 heterocycles. The molecule has 0 spiro atoms. The number of benzene rings is 1. The van der Waals surface area contributed by atoms with Gasteiger partial charge in [-0.15, -0.1) is 0 Å². The standard InChI is InChI=1S/C17H25FN2O3/c1-12(15-8-14(18)5-6-16(15)22-2)20-17(21)11-23-10-13-4-3-7-19-9-13/h5-6,8,12-13,19H,3-4,7,9-11H2,1-2H3,(H,20,21)/t12-,13-/m0/s1. The van der Waals surface area contributed by atoms with E-state index in [9.17, 15) is 9.18 Å². The van der Waals surface area contributed by atoms with Crippen molar-refractivity contribution in [2.24, 2.45) is 5.92 Å². The quantitative estimate of drug-likeness (QED) is 0.806. The van der Waals surface area contributed by atoms with E-state index >= 15 is 0 Å². The summed E-state index contributed by atoms with van der Waals surface area (Å²) in [6.07, 6.45) is 2.28. The fraction of sp³-hybridized carbons (Fsp3) is 0.588. The summed E-state index contributed by atoms with van der Waals surface area (Å²) >= 11 is 0. The van der Waals surface area contributed by atoms with Crippen molar-refractivity contribution in [1.29, 1.82) is 0 Å². The van der Waals surface area contributed by atoms with Crippen molar-refractivity contribution < 1.29 is 18.7 Å². The first-order valence-corrected chi connectivity index (χ1v) is 8.01. The summed E-state index contributed by atoms with van der Waals surface area (Å²) in [6.45, 7) is 4.39. The number of hydrogen-bond donors (Lipinski definition) is 2. The highest BCUT2D eigenvalue weighted by molar-refractivity contribution is 5.77. The summed E-state index contributed by atoms with van der Waals surface area (Å²) in [5.41, 5.74) is 0.609. The Morgan fingerprint density at radius 2 is 2.35 bits per heavy atom. The molecule has 0 aliphatic carbocycles. The number of rotatable bonds is 7. The van der Waals surface area contributed by atoms with Gasteiger partial charge in [-0.3, -0.25) is 4.79 Å². The number of carbonyl (C=O) groups is 1. The topological polar surface area (TPSA) is 59.6 Å². The molecule has 2 atom stereocenters. The van der Waals surface area contributed by atoms with Crippen LogP contribution >= 0.6 is 0 Å². The molecule has 1 amide bonds. The highest BCUT2D eigenvalue weighted by atomic mass is 19.1. The monoisotopic (exact) mass is 324 g/mol. The van der Waals surface area contributed by atoms with Crippen LogP contribution in [0.4, 0.5) is 4.39 Å². The summed E-state index contributed by atoms with van der Waals surface area (Å²) in [5, 5.41) is 6.12. The van der Waals surface area contributed by atoms with Gasteiger partial charge in [0.1, 0.15) is 18.2 Å². The van der Waals surface area contributed by atoms with Gasteiger partial charge >= 0.3 is 0 Å². The average molecular weight is 324 g/mol. The van der Waals surface area contributed by atoms with Gasteiger partial charge in [-0.25, -0.2) is 4.39 Å². The first kappa shape index (κ1) is 17.7. The molecular weight excluding hydrogens is 299 g/mol. The van der Waals surface area contributed by atoms with Crippen LogP contribution in [0, 0.1) is 11.7 Å². The van der Waals surface area contributed by atoms with Crippen molar-refractivity contribution in [3.63, 3.8) is 0 Å². The third kappa shape index (κ3) is 5.48. The second-order valence-electron chi connectivity index (χ2n) is 5.90. The maximum atomic E-state index is 13.4. The zero-order chi connectivity index (χ0) is 16.7. The third-order valence-corrected chi connectivity index (χ3v) is 4.02. The molecule has 6 heteroatoms. The zero-order valence-electron chi connectivity index (χ0n) is 13.7. The molecule has 0 radical (unpaired) electrons. The lowest BCUT2D eigenvalue weighted by molar-refractivity contribution is -0.126. The molecule has 0 bridgehead atoms. The van der Waals surface area contributed by atoms with Crippen molar-refractivity contribution in [3.8, 4) is 5.75 Å². The van der Waals surface area contributed by atoms with Crippen LogP contribution in [0.15, 0.2) is 18.2 Å². The molecule has 1 aromatic rings. The van der Waals surface area contributed by atoms with E-state index in [0.29, 0.717) is 23.8 Å². The first-order chi connectivity index (χ1) is 11.1. The van der Waals surface area contributed by atoms with Gasteiger partial charge in [0.2, 0.25) is 5.91 Å². The molecule has 0 saturated carbocycles. The minimum atomic E-state index is -0.358. The van der Waals surface area contributed by atoms with Crippen LogP contribution in [0.5, 0.6) is 5.75 Å². The van der Waals surface area contributed by atoms with Crippen LogP contribution in [0.3, 0.4) is 0 Å². The molecule has 2 rings (SSSR count). The van der Waals surface area contributed by atoms with Crippen molar-refractivity contribution in [2.75, 3.05) is 33.4 Å². The minimum absolute atomic E-state index is 0.0124. The van der Waals surface area contributed by atoms with Crippen molar-refractivity contribution in [2.45, 2.75) is 25.8 Å². The fourth-order valence-electron chi connectivity index (χ4n) is 2.79. The van der Waals surface area contributed by atoms with Crippen LogP contribution in [0.2, 0.25) is 0 Å². The van der Waals surface area contributed by atoms with Crippen LogP contribution in [-0.2, 0) is 9.53 Å². The van der Waals surface area contributed by atoms with E-state index in [-0.39, 0.29) is 24.4 Å². The molecule has 1 aromatic carbocycles. The van der Waals surface area contributed by atoms with Gasteiger partial charge in [-0.05, 0) is 50.4 Å². The first-order valence-electron chi connectivity index (χ1n) is 8.01. The lowest BCUT2D eigenvalue weighted by Crippen LogP contribution is -2.34. The largest absolute Gasteiger partial charge is 0.496 e. The fourth-order valence-corrected chi connectivity index (χ4v) is 2.79. The maximum Gasteiger partial charge on any atom is 0.246 e. The number of nitrogens with one attached hydrogen (secondary N) is 2. The summed E-state index contributed by atoms with van der Waals surface area (Å²) in [4.78, 5) is 12.0. The second kappa shape index (κ2) is 8.84. The minimum Gasteiger partial charge on any atom is -0.496 e. The van der Waals surface area contributed by atoms with Crippen LogP contribution < -0.4 is 15.4 Å². The van der Waals surface area contributed by atoms with E-state index < -0.39 is 0 Å². The van der Waals surface area contributed by atoms with Gasteiger partial charge in [0, 0.05) is 12.1 Å². The Hall–Kier alpha value is -1.66. The number of methoxy groups -OCH3 is 1. The van der Waals surface area contributed by atoms with Gasteiger partial charge in [0.05, 0.1) is 19.8 Å². The van der Waals surface area contributed by atoms with Crippen LogP contribution in [0.25, 0.3) is 0 Å². The lowest BCUT2D eigenvalue weighted by Gasteiger charge is -2.22. The molecule has 5 nitrogen and oxygen atoms in total. The van der Waals surface area contributed by atoms with Gasteiger partial charge in [0.25, 0.3) is 0 Å². The molecule has 1 fully saturated rings. The van der Waals surface area contributed by atoms with Crippen molar-refractivity contribution in [3.05, 3.63) is 29.6 Å². The number of carbonyl (C=O) groups excluding carboxylic acids is 1. The SMILES string of the molecule is COc1ccc(F)cc1[C@H](C)NC(=O)COC[C@H]1CCCNC1. The lowest BCUT2D eigenvalue weighted by atomic mass is 10.0. The molecule has 2 N–H and O–H groups in total. The Kier molecular flexibility index (Phi) is 6.80. The van der Waals surface area contributed by atoms with E-state index in [1.165, 1.54) is 19.2 Å². The second-order valence-corrected chi connectivity index (χ2v) is 5.90. The average Bonchev–Trinajstić information content (AvgIpc) is 2.55. The highest BCUT2D eigenvalue weighted by Crippen LogP contribution is 2.25. The summed E-state index contributed by atoms with van der Waals surface area (Å²) < 4.78 is 24.1. The molecule has 0 unspecified atom stereocenters. The molecule has 128 valence electrons. The maximum absolute atomic E-state index is 13.4.